The van der Waals surface area contributed by atoms with Gasteiger partial charge in [-0.1, -0.05) is 25.7 Å². The maximum Gasteiger partial charge on any atom is 0.0449 e. The zero-order valence-electron chi connectivity index (χ0n) is 17.1. The van der Waals surface area contributed by atoms with Gasteiger partial charge in [0.05, 0.1) is 0 Å². The van der Waals surface area contributed by atoms with Crippen molar-refractivity contribution in [1.82, 2.24) is 0 Å². The predicted octanol–water partition coefficient (Wildman–Crippen LogP) is 9.27. The number of aryl methyl sites for hydroxylation is 2. The lowest BCUT2D eigenvalue weighted by atomic mass is 10.1. The molecule has 0 spiro atoms. The molecule has 3 aromatic rings. The Bertz CT molecular complexity index is 759. The molecule has 0 radical (unpaired) electrons. The van der Waals surface area contributed by atoms with Gasteiger partial charge in [-0.15, -0.1) is 34.0 Å². The first-order valence-electron chi connectivity index (χ1n) is 10.8. The van der Waals surface area contributed by atoms with E-state index < -0.39 is 0 Å². The Morgan fingerprint density at radius 3 is 1.28 bits per heavy atom. The number of hydrogen-bond donors (Lipinski definition) is 2. The standard InChI is InChI=1S/C24H32S5/c25-17-7-3-1-5-9-19-11-13-21(27-19)23-15-16-24(29-23)22-14-12-20(28-22)10-6-2-4-8-18-26/h11-16,25-26H,1-10,17-18H2. The first-order valence-corrected chi connectivity index (χ1v) is 14.5. The topological polar surface area (TPSA) is 0 Å². The minimum absolute atomic E-state index is 1.02. The number of unbranched alkanes of at least 4 members (excludes halogenated alkanes) is 6. The molecule has 0 unspecified atom stereocenters. The number of rotatable bonds is 14. The zero-order chi connectivity index (χ0) is 20.3. The average Bonchev–Trinajstić information content (AvgIpc) is 3.47. The van der Waals surface area contributed by atoms with Crippen LogP contribution < -0.4 is 0 Å². The van der Waals surface area contributed by atoms with Crippen molar-refractivity contribution in [3.8, 4) is 19.5 Å². The molecule has 0 atom stereocenters. The normalized spacial score (nSPS) is 11.4. The highest BCUT2D eigenvalue weighted by Gasteiger charge is 2.10. The Morgan fingerprint density at radius 1 is 0.448 bits per heavy atom. The first-order chi connectivity index (χ1) is 14.3. The largest absolute Gasteiger partial charge is 0.179 e. The molecule has 3 heterocycles. The number of thiol groups is 2. The molecule has 5 heteroatoms. The van der Waals surface area contributed by atoms with E-state index in [2.05, 4.69) is 61.7 Å². The van der Waals surface area contributed by atoms with Crippen LogP contribution in [0.15, 0.2) is 36.4 Å². The molecule has 0 saturated heterocycles. The van der Waals surface area contributed by atoms with Gasteiger partial charge in [0.2, 0.25) is 0 Å². The van der Waals surface area contributed by atoms with Crippen molar-refractivity contribution in [3.63, 3.8) is 0 Å². The molecular formula is C24H32S5. The first kappa shape index (κ1) is 23.5. The highest BCUT2D eigenvalue weighted by molar-refractivity contribution is 7.80. The van der Waals surface area contributed by atoms with Gasteiger partial charge in [0.15, 0.2) is 0 Å². The lowest BCUT2D eigenvalue weighted by molar-refractivity contribution is 0.674. The van der Waals surface area contributed by atoms with Crippen LogP contribution in [0.5, 0.6) is 0 Å². The van der Waals surface area contributed by atoms with Gasteiger partial charge in [0.25, 0.3) is 0 Å². The quantitative estimate of drug-likeness (QED) is 0.167. The third kappa shape index (κ3) is 7.77. The van der Waals surface area contributed by atoms with Crippen LogP contribution in [0.2, 0.25) is 0 Å². The van der Waals surface area contributed by atoms with E-state index in [-0.39, 0.29) is 0 Å². The van der Waals surface area contributed by atoms with Gasteiger partial charge in [0.1, 0.15) is 0 Å². The Morgan fingerprint density at radius 2 is 0.828 bits per heavy atom. The fraction of sp³-hybridized carbons (Fsp3) is 0.500. The summed E-state index contributed by atoms with van der Waals surface area (Å²) in [6, 6.07) is 13.9. The monoisotopic (exact) mass is 480 g/mol. The molecule has 0 saturated carbocycles. The summed E-state index contributed by atoms with van der Waals surface area (Å²) < 4.78 is 0. The van der Waals surface area contributed by atoms with Gasteiger partial charge in [-0.3, -0.25) is 0 Å². The SMILES string of the molecule is SCCCCCCc1ccc(-c2ccc(-c3ccc(CCCCCCS)s3)s2)s1. The average molecular weight is 481 g/mol. The minimum atomic E-state index is 1.02. The van der Waals surface area contributed by atoms with Crippen LogP contribution in [0.1, 0.15) is 61.1 Å². The van der Waals surface area contributed by atoms with Crippen molar-refractivity contribution >= 4 is 59.3 Å². The number of thiophene rings is 3. The highest BCUT2D eigenvalue weighted by atomic mass is 32.1. The second-order valence-electron chi connectivity index (χ2n) is 7.47. The molecule has 0 aromatic carbocycles. The maximum atomic E-state index is 4.29. The van der Waals surface area contributed by atoms with Crippen LogP contribution in [0.25, 0.3) is 19.5 Å². The van der Waals surface area contributed by atoms with E-state index in [1.54, 1.807) is 0 Å². The molecule has 0 aliphatic rings. The third-order valence-electron chi connectivity index (χ3n) is 5.08. The van der Waals surface area contributed by atoms with Gasteiger partial charge in [-0.05, 0) is 86.4 Å². The summed E-state index contributed by atoms with van der Waals surface area (Å²) in [5, 5.41) is 0. The van der Waals surface area contributed by atoms with E-state index >= 15 is 0 Å². The molecule has 3 aromatic heterocycles. The Labute approximate surface area is 199 Å². The summed E-state index contributed by atoms with van der Waals surface area (Å²) in [5.41, 5.74) is 0. The molecule has 158 valence electrons. The molecule has 0 N–H and O–H groups in total. The van der Waals surface area contributed by atoms with Crippen molar-refractivity contribution in [2.24, 2.45) is 0 Å². The molecular weight excluding hydrogens is 449 g/mol. The fourth-order valence-corrected chi connectivity index (χ4v) is 7.15. The van der Waals surface area contributed by atoms with Crippen molar-refractivity contribution in [1.29, 1.82) is 0 Å². The summed E-state index contributed by atoms with van der Waals surface area (Å²) in [5.74, 6) is 2.04. The van der Waals surface area contributed by atoms with E-state index in [0.29, 0.717) is 0 Å². The van der Waals surface area contributed by atoms with Crippen LogP contribution in [0.3, 0.4) is 0 Å². The van der Waals surface area contributed by atoms with E-state index in [4.69, 9.17) is 0 Å². The maximum absolute atomic E-state index is 4.29. The summed E-state index contributed by atoms with van der Waals surface area (Å²) in [6.07, 6.45) is 12.8. The van der Waals surface area contributed by atoms with E-state index in [9.17, 15) is 0 Å². The van der Waals surface area contributed by atoms with E-state index in [1.807, 2.05) is 34.0 Å². The molecule has 29 heavy (non-hydrogen) atoms. The smallest absolute Gasteiger partial charge is 0.0449 e. The lowest BCUT2D eigenvalue weighted by Crippen LogP contribution is -1.82. The van der Waals surface area contributed by atoms with Gasteiger partial charge < -0.3 is 0 Å². The summed E-state index contributed by atoms with van der Waals surface area (Å²) in [6.45, 7) is 0. The molecule has 0 amide bonds. The van der Waals surface area contributed by atoms with Crippen molar-refractivity contribution in [2.45, 2.75) is 64.2 Å². The number of hydrogen-bond acceptors (Lipinski definition) is 5. The second-order valence-corrected chi connectivity index (χ2v) is 11.8. The Hall–Kier alpha value is -0.200. The highest BCUT2D eigenvalue weighted by Crippen LogP contribution is 2.40. The zero-order valence-corrected chi connectivity index (χ0v) is 21.3. The second kappa shape index (κ2) is 13.3. The molecule has 0 bridgehead atoms. The van der Waals surface area contributed by atoms with E-state index in [0.717, 1.165) is 11.5 Å². The van der Waals surface area contributed by atoms with Gasteiger partial charge in [-0.2, -0.15) is 25.3 Å². The van der Waals surface area contributed by atoms with Crippen molar-refractivity contribution in [2.75, 3.05) is 11.5 Å². The fourth-order valence-electron chi connectivity index (χ4n) is 3.42. The summed E-state index contributed by atoms with van der Waals surface area (Å²) in [4.78, 5) is 8.72. The third-order valence-corrected chi connectivity index (χ3v) is 9.48. The lowest BCUT2D eigenvalue weighted by Gasteiger charge is -1.98. The molecule has 0 aliphatic heterocycles. The van der Waals surface area contributed by atoms with Gasteiger partial charge >= 0.3 is 0 Å². The molecule has 0 nitrogen and oxygen atoms in total. The van der Waals surface area contributed by atoms with Crippen LogP contribution in [0.4, 0.5) is 0 Å². The predicted molar refractivity (Wildman–Crippen MR) is 143 cm³/mol. The summed E-state index contributed by atoms with van der Waals surface area (Å²) in [7, 11) is 0. The molecule has 0 fully saturated rings. The van der Waals surface area contributed by atoms with Crippen LogP contribution >= 0.6 is 59.3 Å². The minimum Gasteiger partial charge on any atom is -0.179 e. The van der Waals surface area contributed by atoms with Crippen LogP contribution in [-0.2, 0) is 12.8 Å². The Balaban J connectivity index is 1.50. The van der Waals surface area contributed by atoms with Crippen molar-refractivity contribution < 1.29 is 0 Å². The van der Waals surface area contributed by atoms with Crippen molar-refractivity contribution in [3.05, 3.63) is 46.2 Å². The van der Waals surface area contributed by atoms with Crippen LogP contribution in [-0.4, -0.2) is 11.5 Å². The van der Waals surface area contributed by atoms with E-state index in [1.165, 1.54) is 93.5 Å². The molecule has 3 rings (SSSR count). The Kier molecular flexibility index (Phi) is 10.7. The van der Waals surface area contributed by atoms with Gasteiger partial charge in [-0.25, -0.2) is 0 Å². The van der Waals surface area contributed by atoms with Crippen LogP contribution in [0, 0.1) is 0 Å². The van der Waals surface area contributed by atoms with Gasteiger partial charge in [0, 0.05) is 29.3 Å². The summed E-state index contributed by atoms with van der Waals surface area (Å²) >= 11 is 14.5. The molecule has 0 aliphatic carbocycles.